The summed E-state index contributed by atoms with van der Waals surface area (Å²) in [7, 11) is 0. The van der Waals surface area contributed by atoms with Gasteiger partial charge in [-0.2, -0.15) is 0 Å². The minimum Gasteiger partial charge on any atom is -0.337 e. The number of nitrogens with one attached hydrogen (secondary N) is 1. The van der Waals surface area contributed by atoms with E-state index in [9.17, 15) is 4.79 Å². The SMILES string of the molecule is C=CCN1CCN(C(C)C)C(=O)C12CCNC2. The zero-order valence-corrected chi connectivity index (χ0v) is 10.9. The van der Waals surface area contributed by atoms with Gasteiger partial charge >= 0.3 is 0 Å². The molecule has 0 aromatic rings. The van der Waals surface area contributed by atoms with Gasteiger partial charge in [0.25, 0.3) is 0 Å². The lowest BCUT2D eigenvalue weighted by Crippen LogP contribution is -2.67. The van der Waals surface area contributed by atoms with Gasteiger partial charge in [-0.25, -0.2) is 0 Å². The van der Waals surface area contributed by atoms with Crippen molar-refractivity contribution >= 4 is 5.91 Å². The average Bonchev–Trinajstić information content (AvgIpc) is 2.75. The molecule has 0 aliphatic carbocycles. The average molecular weight is 237 g/mol. The van der Waals surface area contributed by atoms with Gasteiger partial charge in [-0.05, 0) is 26.8 Å². The maximum Gasteiger partial charge on any atom is 0.244 e. The molecule has 1 unspecified atom stereocenters. The first-order chi connectivity index (χ1) is 8.12. The molecule has 0 aromatic carbocycles. The molecule has 2 aliphatic rings. The fourth-order valence-electron chi connectivity index (χ4n) is 2.99. The van der Waals surface area contributed by atoms with Gasteiger partial charge in [-0.1, -0.05) is 6.08 Å². The molecule has 2 heterocycles. The molecule has 0 bridgehead atoms. The Bertz CT molecular complexity index is 308. The van der Waals surface area contributed by atoms with Gasteiger partial charge in [0.1, 0.15) is 5.54 Å². The van der Waals surface area contributed by atoms with Crippen molar-refractivity contribution in [2.75, 3.05) is 32.7 Å². The molecule has 96 valence electrons. The van der Waals surface area contributed by atoms with Gasteiger partial charge in [0.05, 0.1) is 0 Å². The Morgan fingerprint density at radius 1 is 1.53 bits per heavy atom. The molecule has 4 heteroatoms. The second kappa shape index (κ2) is 4.78. The molecule has 17 heavy (non-hydrogen) atoms. The van der Waals surface area contributed by atoms with E-state index in [1.165, 1.54) is 0 Å². The standard InChI is InChI=1S/C13H23N3O/c1-4-7-15-8-9-16(11(2)3)12(17)13(15)5-6-14-10-13/h4,11,14H,1,5-10H2,2-3H3. The Morgan fingerprint density at radius 2 is 2.29 bits per heavy atom. The van der Waals surface area contributed by atoms with Crippen molar-refractivity contribution in [1.82, 2.24) is 15.1 Å². The Hall–Kier alpha value is -0.870. The number of amides is 1. The fraction of sp³-hybridized carbons (Fsp3) is 0.769. The van der Waals surface area contributed by atoms with Gasteiger partial charge in [0, 0.05) is 32.2 Å². The predicted molar refractivity (Wildman–Crippen MR) is 68.8 cm³/mol. The molecule has 2 fully saturated rings. The molecular weight excluding hydrogens is 214 g/mol. The van der Waals surface area contributed by atoms with Crippen LogP contribution >= 0.6 is 0 Å². The topological polar surface area (TPSA) is 35.6 Å². The summed E-state index contributed by atoms with van der Waals surface area (Å²) in [5, 5.41) is 3.34. The van der Waals surface area contributed by atoms with Gasteiger partial charge in [-0.15, -0.1) is 6.58 Å². The number of hydrogen-bond acceptors (Lipinski definition) is 3. The van der Waals surface area contributed by atoms with Crippen molar-refractivity contribution in [3.63, 3.8) is 0 Å². The summed E-state index contributed by atoms with van der Waals surface area (Å²) in [6, 6.07) is 0.297. The molecule has 0 aromatic heterocycles. The molecular formula is C13H23N3O. The maximum atomic E-state index is 12.7. The molecule has 2 aliphatic heterocycles. The van der Waals surface area contributed by atoms with Gasteiger partial charge < -0.3 is 10.2 Å². The van der Waals surface area contributed by atoms with E-state index in [4.69, 9.17) is 0 Å². The number of nitrogens with zero attached hydrogens (tertiary/aromatic N) is 2. The van der Waals surface area contributed by atoms with E-state index in [0.717, 1.165) is 39.1 Å². The van der Waals surface area contributed by atoms with Crippen LogP contribution in [0.15, 0.2) is 12.7 Å². The van der Waals surface area contributed by atoms with Gasteiger partial charge in [0.2, 0.25) is 5.91 Å². The summed E-state index contributed by atoms with van der Waals surface area (Å²) in [4.78, 5) is 17.0. The molecule has 1 amide bonds. The van der Waals surface area contributed by atoms with Crippen LogP contribution in [-0.4, -0.2) is 60.0 Å². The summed E-state index contributed by atoms with van der Waals surface area (Å²) in [5.74, 6) is 0.297. The van der Waals surface area contributed by atoms with Gasteiger partial charge in [0.15, 0.2) is 0 Å². The normalized spacial score (nSPS) is 30.5. The lowest BCUT2D eigenvalue weighted by molar-refractivity contribution is -0.151. The predicted octanol–water partition coefficient (Wildman–Crippen LogP) is 0.457. The van der Waals surface area contributed by atoms with Crippen molar-refractivity contribution in [2.45, 2.75) is 31.8 Å². The number of rotatable bonds is 3. The Labute approximate surface area is 104 Å². The lowest BCUT2D eigenvalue weighted by atomic mass is 9.90. The van der Waals surface area contributed by atoms with Crippen LogP contribution in [0.3, 0.4) is 0 Å². The minimum atomic E-state index is -0.309. The second-order valence-corrected chi connectivity index (χ2v) is 5.29. The summed E-state index contributed by atoms with van der Waals surface area (Å²) in [6.07, 6.45) is 2.82. The number of carbonyl (C=O) groups excluding carboxylic acids is 1. The van der Waals surface area contributed by atoms with Crippen LogP contribution in [0.5, 0.6) is 0 Å². The monoisotopic (exact) mass is 237 g/mol. The first-order valence-electron chi connectivity index (χ1n) is 6.49. The number of piperazine rings is 1. The minimum absolute atomic E-state index is 0.297. The van der Waals surface area contributed by atoms with E-state index in [0.29, 0.717) is 11.9 Å². The number of carbonyl (C=O) groups is 1. The zero-order chi connectivity index (χ0) is 12.5. The molecule has 4 nitrogen and oxygen atoms in total. The highest BCUT2D eigenvalue weighted by Crippen LogP contribution is 2.30. The van der Waals surface area contributed by atoms with Crippen molar-refractivity contribution in [3.05, 3.63) is 12.7 Å². The van der Waals surface area contributed by atoms with Crippen LogP contribution in [0.25, 0.3) is 0 Å². The Kier molecular flexibility index (Phi) is 3.54. The summed E-state index contributed by atoms with van der Waals surface area (Å²) in [6.45, 7) is 12.3. The highest BCUT2D eigenvalue weighted by molar-refractivity contribution is 5.88. The maximum absolute atomic E-state index is 12.7. The first kappa shape index (κ1) is 12.6. The molecule has 1 spiro atoms. The molecule has 2 rings (SSSR count). The molecule has 1 N–H and O–H groups in total. The quantitative estimate of drug-likeness (QED) is 0.724. The largest absolute Gasteiger partial charge is 0.337 e. The summed E-state index contributed by atoms with van der Waals surface area (Å²) < 4.78 is 0. The zero-order valence-electron chi connectivity index (χ0n) is 10.9. The van der Waals surface area contributed by atoms with E-state index in [-0.39, 0.29) is 5.54 Å². The van der Waals surface area contributed by atoms with Crippen LogP contribution in [0.2, 0.25) is 0 Å². The van der Waals surface area contributed by atoms with Crippen LogP contribution in [-0.2, 0) is 4.79 Å². The van der Waals surface area contributed by atoms with Crippen molar-refractivity contribution in [1.29, 1.82) is 0 Å². The van der Waals surface area contributed by atoms with E-state index < -0.39 is 0 Å². The van der Waals surface area contributed by atoms with Crippen molar-refractivity contribution in [3.8, 4) is 0 Å². The highest BCUT2D eigenvalue weighted by Gasteiger charge is 2.50. The third-order valence-corrected chi connectivity index (χ3v) is 3.98. The fourth-order valence-corrected chi connectivity index (χ4v) is 2.99. The second-order valence-electron chi connectivity index (χ2n) is 5.29. The molecule has 2 saturated heterocycles. The van der Waals surface area contributed by atoms with E-state index in [1.807, 2.05) is 11.0 Å². The smallest absolute Gasteiger partial charge is 0.244 e. The first-order valence-corrected chi connectivity index (χ1v) is 6.49. The Morgan fingerprint density at radius 3 is 2.82 bits per heavy atom. The summed E-state index contributed by atoms with van der Waals surface area (Å²) >= 11 is 0. The van der Waals surface area contributed by atoms with E-state index >= 15 is 0 Å². The van der Waals surface area contributed by atoms with Crippen LogP contribution in [0, 0.1) is 0 Å². The molecule has 1 atom stereocenters. The van der Waals surface area contributed by atoms with Crippen molar-refractivity contribution in [2.24, 2.45) is 0 Å². The third-order valence-electron chi connectivity index (χ3n) is 3.98. The Balaban J connectivity index is 2.24. The van der Waals surface area contributed by atoms with E-state index in [1.54, 1.807) is 0 Å². The van der Waals surface area contributed by atoms with Crippen LogP contribution in [0.1, 0.15) is 20.3 Å². The molecule has 0 saturated carbocycles. The van der Waals surface area contributed by atoms with Crippen molar-refractivity contribution < 1.29 is 4.79 Å². The van der Waals surface area contributed by atoms with E-state index in [2.05, 4.69) is 30.6 Å². The van der Waals surface area contributed by atoms with Crippen LogP contribution in [0.4, 0.5) is 0 Å². The molecule has 0 radical (unpaired) electrons. The summed E-state index contributed by atoms with van der Waals surface area (Å²) in [5.41, 5.74) is -0.309. The van der Waals surface area contributed by atoms with Gasteiger partial charge in [-0.3, -0.25) is 9.69 Å². The lowest BCUT2D eigenvalue weighted by Gasteiger charge is -2.48. The van der Waals surface area contributed by atoms with Crippen LogP contribution < -0.4 is 5.32 Å². The highest BCUT2D eigenvalue weighted by atomic mass is 16.2. The number of hydrogen-bond donors (Lipinski definition) is 1. The third kappa shape index (κ3) is 2.00.